The van der Waals surface area contributed by atoms with Crippen molar-refractivity contribution >= 4 is 11.6 Å². The summed E-state index contributed by atoms with van der Waals surface area (Å²) in [5.74, 6) is -0.0427. The normalized spacial score (nSPS) is 17.6. The third kappa shape index (κ3) is 2.11. The second-order valence-corrected chi connectivity index (χ2v) is 4.02. The molecule has 15 heavy (non-hydrogen) atoms. The van der Waals surface area contributed by atoms with E-state index in [2.05, 4.69) is 5.32 Å². The second kappa shape index (κ2) is 3.68. The first-order chi connectivity index (χ1) is 6.98. The van der Waals surface area contributed by atoms with Gasteiger partial charge >= 0.3 is 6.18 Å². The summed E-state index contributed by atoms with van der Waals surface area (Å²) in [6.07, 6.45) is -4.32. The molecular formula is C10H9ClF3N. The molecule has 82 valence electrons. The van der Waals surface area contributed by atoms with Crippen LogP contribution < -0.4 is 5.32 Å². The lowest BCUT2D eigenvalue weighted by atomic mass is 9.89. The van der Waals surface area contributed by atoms with Crippen molar-refractivity contribution < 1.29 is 13.2 Å². The second-order valence-electron chi connectivity index (χ2n) is 3.58. The number of halogens is 4. The van der Waals surface area contributed by atoms with E-state index < -0.39 is 11.7 Å². The summed E-state index contributed by atoms with van der Waals surface area (Å²) in [5.41, 5.74) is -0.271. The first kappa shape index (κ1) is 10.8. The Morgan fingerprint density at radius 1 is 1.27 bits per heavy atom. The van der Waals surface area contributed by atoms with Gasteiger partial charge < -0.3 is 5.32 Å². The zero-order valence-corrected chi connectivity index (χ0v) is 8.49. The van der Waals surface area contributed by atoms with Crippen molar-refractivity contribution in [2.75, 3.05) is 13.1 Å². The van der Waals surface area contributed by atoms with E-state index in [0.717, 1.165) is 6.07 Å². The van der Waals surface area contributed by atoms with Crippen LogP contribution in [-0.4, -0.2) is 13.1 Å². The lowest BCUT2D eigenvalue weighted by Gasteiger charge is -2.29. The highest BCUT2D eigenvalue weighted by atomic mass is 35.5. The van der Waals surface area contributed by atoms with E-state index in [9.17, 15) is 13.2 Å². The minimum atomic E-state index is -4.32. The number of alkyl halides is 3. The topological polar surface area (TPSA) is 12.0 Å². The summed E-state index contributed by atoms with van der Waals surface area (Å²) >= 11 is 5.57. The zero-order chi connectivity index (χ0) is 11.1. The summed E-state index contributed by atoms with van der Waals surface area (Å²) in [4.78, 5) is 0. The van der Waals surface area contributed by atoms with Crippen LogP contribution in [0, 0.1) is 0 Å². The molecule has 2 rings (SSSR count). The van der Waals surface area contributed by atoms with Gasteiger partial charge in [-0.05, 0) is 17.7 Å². The zero-order valence-electron chi connectivity index (χ0n) is 7.74. The van der Waals surface area contributed by atoms with E-state index in [1.807, 2.05) is 0 Å². The molecule has 1 saturated heterocycles. The van der Waals surface area contributed by atoms with Gasteiger partial charge in [-0.25, -0.2) is 0 Å². The molecule has 1 aliphatic rings. The molecule has 0 bridgehead atoms. The van der Waals surface area contributed by atoms with Crippen LogP contribution in [-0.2, 0) is 6.18 Å². The summed E-state index contributed by atoms with van der Waals surface area (Å²) in [7, 11) is 0. The third-order valence-electron chi connectivity index (χ3n) is 2.54. The van der Waals surface area contributed by atoms with Crippen molar-refractivity contribution in [1.29, 1.82) is 0 Å². The quantitative estimate of drug-likeness (QED) is 0.789. The lowest BCUT2D eigenvalue weighted by Crippen LogP contribution is -2.40. The Morgan fingerprint density at radius 2 is 1.93 bits per heavy atom. The van der Waals surface area contributed by atoms with E-state index in [1.165, 1.54) is 12.1 Å². The molecule has 0 unspecified atom stereocenters. The molecule has 0 spiro atoms. The molecule has 1 nitrogen and oxygen atoms in total. The molecule has 1 fully saturated rings. The fourth-order valence-electron chi connectivity index (χ4n) is 1.64. The number of hydrogen-bond acceptors (Lipinski definition) is 1. The van der Waals surface area contributed by atoms with E-state index in [-0.39, 0.29) is 10.9 Å². The highest BCUT2D eigenvalue weighted by Crippen LogP contribution is 2.37. The summed E-state index contributed by atoms with van der Waals surface area (Å²) in [6, 6.07) is 3.97. The molecule has 0 amide bonds. The molecule has 1 heterocycles. The summed E-state index contributed by atoms with van der Waals surface area (Å²) in [6.45, 7) is 1.20. The lowest BCUT2D eigenvalue weighted by molar-refractivity contribution is -0.138. The van der Waals surface area contributed by atoms with Crippen LogP contribution in [0.4, 0.5) is 13.2 Å². The number of hydrogen-bond donors (Lipinski definition) is 1. The van der Waals surface area contributed by atoms with Crippen LogP contribution in [0.1, 0.15) is 17.0 Å². The molecule has 0 atom stereocenters. The molecule has 1 aromatic carbocycles. The number of rotatable bonds is 1. The molecule has 0 aliphatic carbocycles. The van der Waals surface area contributed by atoms with Crippen molar-refractivity contribution in [3.63, 3.8) is 0 Å². The van der Waals surface area contributed by atoms with Crippen LogP contribution in [0.3, 0.4) is 0 Å². The van der Waals surface area contributed by atoms with Crippen molar-refractivity contribution in [1.82, 2.24) is 5.32 Å². The minimum absolute atomic E-state index is 0.0427. The van der Waals surface area contributed by atoms with Crippen molar-refractivity contribution in [2.45, 2.75) is 12.1 Å². The Balaban J connectivity index is 2.44. The van der Waals surface area contributed by atoms with Gasteiger partial charge in [0.1, 0.15) is 0 Å². The van der Waals surface area contributed by atoms with Crippen molar-refractivity contribution in [2.24, 2.45) is 0 Å². The predicted molar refractivity (Wildman–Crippen MR) is 52.1 cm³/mol. The van der Waals surface area contributed by atoms with Crippen LogP contribution in [0.2, 0.25) is 5.02 Å². The Hall–Kier alpha value is -0.740. The molecule has 1 aliphatic heterocycles. The van der Waals surface area contributed by atoms with Crippen LogP contribution in [0.25, 0.3) is 0 Å². The first-order valence-electron chi connectivity index (χ1n) is 4.56. The van der Waals surface area contributed by atoms with Gasteiger partial charge in [0.25, 0.3) is 0 Å². The summed E-state index contributed by atoms with van der Waals surface area (Å²) in [5, 5.41) is 3.08. The maximum Gasteiger partial charge on any atom is 0.416 e. The fraction of sp³-hybridized carbons (Fsp3) is 0.400. The maximum absolute atomic E-state index is 12.7. The average molecular weight is 236 g/mol. The highest BCUT2D eigenvalue weighted by Gasteiger charge is 2.36. The Labute approximate surface area is 90.2 Å². The average Bonchev–Trinajstić information content (AvgIpc) is 2.03. The van der Waals surface area contributed by atoms with Crippen LogP contribution in [0.15, 0.2) is 18.2 Å². The maximum atomic E-state index is 12.7. The SMILES string of the molecule is FC(F)(F)c1cc(Cl)ccc1C1CNC1. The van der Waals surface area contributed by atoms with Gasteiger partial charge in [-0.3, -0.25) is 0 Å². The molecule has 0 radical (unpaired) electrons. The van der Waals surface area contributed by atoms with Crippen LogP contribution in [0.5, 0.6) is 0 Å². The predicted octanol–water partition coefficient (Wildman–Crippen LogP) is 3.05. The van der Waals surface area contributed by atoms with Crippen molar-refractivity contribution in [3.05, 3.63) is 34.3 Å². The molecule has 1 N–H and O–H groups in total. The van der Waals surface area contributed by atoms with Gasteiger partial charge in [0, 0.05) is 24.0 Å². The fourth-order valence-corrected chi connectivity index (χ4v) is 1.81. The van der Waals surface area contributed by atoms with Gasteiger partial charge in [-0.15, -0.1) is 0 Å². The standard InChI is InChI=1S/C10H9ClF3N/c11-7-1-2-8(6-4-15-5-6)9(3-7)10(12,13)14/h1-3,6,15H,4-5H2. The Bertz CT molecular complexity index is 371. The van der Waals surface area contributed by atoms with E-state index >= 15 is 0 Å². The molecular weight excluding hydrogens is 227 g/mol. The Kier molecular flexibility index (Phi) is 2.64. The van der Waals surface area contributed by atoms with Gasteiger partial charge in [0.05, 0.1) is 5.56 Å². The van der Waals surface area contributed by atoms with E-state index in [0.29, 0.717) is 18.7 Å². The van der Waals surface area contributed by atoms with E-state index in [1.54, 1.807) is 0 Å². The first-order valence-corrected chi connectivity index (χ1v) is 4.93. The number of nitrogens with one attached hydrogen (secondary N) is 1. The van der Waals surface area contributed by atoms with Gasteiger partial charge in [-0.1, -0.05) is 17.7 Å². The van der Waals surface area contributed by atoms with Gasteiger partial charge in [-0.2, -0.15) is 13.2 Å². The van der Waals surface area contributed by atoms with Gasteiger partial charge in [0.15, 0.2) is 0 Å². The monoisotopic (exact) mass is 235 g/mol. The minimum Gasteiger partial charge on any atom is -0.315 e. The summed E-state index contributed by atoms with van der Waals surface area (Å²) < 4.78 is 38.0. The van der Waals surface area contributed by atoms with Gasteiger partial charge in [0.2, 0.25) is 0 Å². The molecule has 1 aromatic rings. The smallest absolute Gasteiger partial charge is 0.315 e. The molecule has 0 aromatic heterocycles. The molecule has 0 saturated carbocycles. The highest BCUT2D eigenvalue weighted by molar-refractivity contribution is 6.30. The van der Waals surface area contributed by atoms with E-state index in [4.69, 9.17) is 11.6 Å². The number of benzene rings is 1. The van der Waals surface area contributed by atoms with Crippen LogP contribution >= 0.6 is 11.6 Å². The largest absolute Gasteiger partial charge is 0.416 e. The third-order valence-corrected chi connectivity index (χ3v) is 2.78. The Morgan fingerprint density at radius 3 is 2.40 bits per heavy atom. The van der Waals surface area contributed by atoms with Crippen molar-refractivity contribution in [3.8, 4) is 0 Å². The molecule has 5 heteroatoms.